The highest BCUT2D eigenvalue weighted by atomic mass is 32.1. The van der Waals surface area contributed by atoms with Crippen LogP contribution in [0.5, 0.6) is 0 Å². The molecule has 5 heteroatoms. The fourth-order valence-corrected chi connectivity index (χ4v) is 3.42. The smallest absolute Gasteiger partial charge is 0.159 e. The summed E-state index contributed by atoms with van der Waals surface area (Å²) in [4.78, 5) is 16.1. The van der Waals surface area contributed by atoms with Gasteiger partial charge in [-0.05, 0) is 0 Å². The molecule has 0 spiro atoms. The summed E-state index contributed by atoms with van der Waals surface area (Å²) >= 11 is 1.71. The fraction of sp³-hybridized carbons (Fsp3) is 0.235. The summed E-state index contributed by atoms with van der Waals surface area (Å²) < 4.78 is 0. The maximum Gasteiger partial charge on any atom is 0.159 e. The molecule has 0 aliphatic carbocycles. The van der Waals surface area contributed by atoms with Crippen molar-refractivity contribution >= 4 is 11.3 Å². The lowest BCUT2D eigenvalue weighted by molar-refractivity contribution is 0.242. The van der Waals surface area contributed by atoms with Gasteiger partial charge in [-0.25, -0.2) is 15.0 Å². The van der Waals surface area contributed by atoms with E-state index in [0.29, 0.717) is 0 Å². The average Bonchev–Trinajstić information content (AvgIpc) is 3.08. The summed E-state index contributed by atoms with van der Waals surface area (Å²) in [7, 11) is 0. The molecule has 0 amide bonds. The summed E-state index contributed by atoms with van der Waals surface area (Å²) in [6.07, 6.45) is 4.83. The zero-order valence-electron chi connectivity index (χ0n) is 12.1. The molecule has 2 aromatic heterocycles. The Bertz CT molecular complexity index is 756. The average molecular weight is 308 g/mol. The van der Waals surface area contributed by atoms with E-state index in [-0.39, 0.29) is 0 Å². The van der Waals surface area contributed by atoms with Crippen molar-refractivity contribution in [2.24, 2.45) is 0 Å². The highest BCUT2D eigenvalue weighted by Crippen LogP contribution is 2.22. The minimum Gasteiger partial charge on any atom is -0.292 e. The van der Waals surface area contributed by atoms with E-state index in [1.807, 2.05) is 36.0 Å². The van der Waals surface area contributed by atoms with Crippen molar-refractivity contribution in [3.05, 3.63) is 64.4 Å². The molecule has 0 radical (unpaired) electrons. The van der Waals surface area contributed by atoms with Gasteiger partial charge in [-0.1, -0.05) is 30.3 Å². The summed E-state index contributed by atoms with van der Waals surface area (Å²) in [5.41, 5.74) is 3.50. The molecule has 1 aliphatic rings. The molecule has 1 aromatic carbocycles. The van der Waals surface area contributed by atoms with Crippen molar-refractivity contribution in [1.29, 1.82) is 0 Å². The Morgan fingerprint density at radius 2 is 2.05 bits per heavy atom. The Hall–Kier alpha value is -2.11. The van der Waals surface area contributed by atoms with Crippen LogP contribution in [0.15, 0.2) is 48.1 Å². The van der Waals surface area contributed by atoms with Crippen LogP contribution in [0.3, 0.4) is 0 Å². The lowest BCUT2D eigenvalue weighted by Crippen LogP contribution is -2.30. The van der Waals surface area contributed by atoms with Crippen LogP contribution in [0.1, 0.15) is 16.3 Å². The number of thiazole rings is 1. The van der Waals surface area contributed by atoms with Gasteiger partial charge in [-0.15, -0.1) is 11.3 Å². The first-order valence-electron chi connectivity index (χ1n) is 7.39. The van der Waals surface area contributed by atoms with Crippen molar-refractivity contribution in [3.8, 4) is 11.4 Å². The monoisotopic (exact) mass is 308 g/mol. The molecule has 22 heavy (non-hydrogen) atoms. The summed E-state index contributed by atoms with van der Waals surface area (Å²) in [5.74, 6) is 0.827. The number of rotatable bonds is 3. The number of aromatic nitrogens is 3. The molecule has 4 nitrogen and oxygen atoms in total. The van der Waals surface area contributed by atoms with Gasteiger partial charge in [-0.2, -0.15) is 0 Å². The van der Waals surface area contributed by atoms with Gasteiger partial charge in [0, 0.05) is 48.4 Å². The first-order chi connectivity index (χ1) is 10.9. The van der Waals surface area contributed by atoms with Crippen molar-refractivity contribution in [1.82, 2.24) is 19.9 Å². The SMILES string of the molecule is c1ccc(-c2ncc3c(n2)CCN(Cc2nccs2)C3)cc1. The number of hydrogen-bond donors (Lipinski definition) is 0. The molecule has 0 N–H and O–H groups in total. The molecule has 3 heterocycles. The zero-order chi connectivity index (χ0) is 14.8. The van der Waals surface area contributed by atoms with E-state index in [4.69, 9.17) is 4.98 Å². The minimum absolute atomic E-state index is 0.827. The largest absolute Gasteiger partial charge is 0.292 e. The first-order valence-corrected chi connectivity index (χ1v) is 8.27. The van der Waals surface area contributed by atoms with E-state index in [0.717, 1.165) is 37.4 Å². The maximum absolute atomic E-state index is 4.76. The summed E-state index contributed by atoms with van der Waals surface area (Å²) in [6, 6.07) is 10.2. The first kappa shape index (κ1) is 13.5. The molecular weight excluding hydrogens is 292 g/mol. The van der Waals surface area contributed by atoms with E-state index < -0.39 is 0 Å². The second-order valence-electron chi connectivity index (χ2n) is 5.42. The van der Waals surface area contributed by atoms with E-state index in [9.17, 15) is 0 Å². The highest BCUT2D eigenvalue weighted by Gasteiger charge is 2.19. The molecule has 0 unspecified atom stereocenters. The van der Waals surface area contributed by atoms with Gasteiger partial charge < -0.3 is 0 Å². The molecule has 110 valence electrons. The summed E-state index contributed by atoms with van der Waals surface area (Å²) in [6.45, 7) is 2.85. The molecule has 0 saturated carbocycles. The summed E-state index contributed by atoms with van der Waals surface area (Å²) in [5, 5.41) is 3.20. The number of fused-ring (bicyclic) bond motifs is 1. The molecule has 0 bridgehead atoms. The Kier molecular flexibility index (Phi) is 3.66. The third kappa shape index (κ3) is 2.77. The van der Waals surface area contributed by atoms with Crippen molar-refractivity contribution < 1.29 is 0 Å². The van der Waals surface area contributed by atoms with E-state index >= 15 is 0 Å². The third-order valence-electron chi connectivity index (χ3n) is 3.89. The second kappa shape index (κ2) is 5.94. The van der Waals surface area contributed by atoms with Crippen LogP contribution >= 0.6 is 11.3 Å². The predicted octanol–water partition coefficient (Wildman–Crippen LogP) is 3.16. The number of nitrogens with zero attached hydrogens (tertiary/aromatic N) is 4. The number of benzene rings is 1. The number of hydrogen-bond acceptors (Lipinski definition) is 5. The van der Waals surface area contributed by atoms with E-state index in [2.05, 4.69) is 27.0 Å². The quantitative estimate of drug-likeness (QED) is 0.745. The predicted molar refractivity (Wildman–Crippen MR) is 87.4 cm³/mol. The standard InChI is InChI=1S/C17H16N4S/c1-2-4-13(5-3-1)17-19-10-14-11-21(8-6-15(14)20-17)12-16-18-7-9-22-16/h1-5,7,9-10H,6,8,11-12H2. The third-order valence-corrected chi connectivity index (χ3v) is 4.65. The van der Waals surface area contributed by atoms with Crippen LogP contribution in [0.25, 0.3) is 11.4 Å². The molecule has 0 atom stereocenters. The van der Waals surface area contributed by atoms with Gasteiger partial charge in [0.15, 0.2) is 5.82 Å². The van der Waals surface area contributed by atoms with Crippen LogP contribution in [-0.2, 0) is 19.5 Å². The lowest BCUT2D eigenvalue weighted by Gasteiger charge is -2.27. The van der Waals surface area contributed by atoms with Crippen LogP contribution in [0.4, 0.5) is 0 Å². The highest BCUT2D eigenvalue weighted by molar-refractivity contribution is 7.09. The van der Waals surface area contributed by atoms with Crippen LogP contribution in [0, 0.1) is 0 Å². The Balaban J connectivity index is 1.54. The molecular formula is C17H16N4S. The molecule has 1 aliphatic heterocycles. The Morgan fingerprint density at radius 3 is 2.86 bits per heavy atom. The van der Waals surface area contributed by atoms with Gasteiger partial charge in [0.05, 0.1) is 12.2 Å². The second-order valence-corrected chi connectivity index (χ2v) is 6.40. The van der Waals surface area contributed by atoms with Gasteiger partial charge in [0.1, 0.15) is 5.01 Å². The van der Waals surface area contributed by atoms with Gasteiger partial charge in [0.25, 0.3) is 0 Å². The van der Waals surface area contributed by atoms with Gasteiger partial charge in [-0.3, -0.25) is 4.90 Å². The van der Waals surface area contributed by atoms with Gasteiger partial charge in [0.2, 0.25) is 0 Å². The normalized spacial score (nSPS) is 14.7. The van der Waals surface area contributed by atoms with Crippen molar-refractivity contribution in [2.75, 3.05) is 6.54 Å². The van der Waals surface area contributed by atoms with Crippen LogP contribution < -0.4 is 0 Å². The lowest BCUT2D eigenvalue weighted by atomic mass is 10.1. The Labute approximate surface area is 133 Å². The van der Waals surface area contributed by atoms with Crippen LogP contribution in [-0.4, -0.2) is 26.4 Å². The Morgan fingerprint density at radius 1 is 1.14 bits per heavy atom. The van der Waals surface area contributed by atoms with Crippen molar-refractivity contribution in [3.63, 3.8) is 0 Å². The maximum atomic E-state index is 4.76. The minimum atomic E-state index is 0.827. The zero-order valence-corrected chi connectivity index (χ0v) is 13.0. The van der Waals surface area contributed by atoms with E-state index in [1.165, 1.54) is 16.3 Å². The topological polar surface area (TPSA) is 41.9 Å². The van der Waals surface area contributed by atoms with Crippen molar-refractivity contribution in [2.45, 2.75) is 19.5 Å². The molecule has 4 rings (SSSR count). The fourth-order valence-electron chi connectivity index (χ4n) is 2.76. The van der Waals surface area contributed by atoms with Gasteiger partial charge >= 0.3 is 0 Å². The van der Waals surface area contributed by atoms with E-state index in [1.54, 1.807) is 11.3 Å². The van der Waals surface area contributed by atoms with Crippen LogP contribution in [0.2, 0.25) is 0 Å². The molecule has 3 aromatic rings. The molecule has 0 saturated heterocycles. The molecule has 0 fully saturated rings.